The Hall–Kier alpha value is -1.67. The molecule has 3 unspecified atom stereocenters. The van der Waals surface area contributed by atoms with Crippen LogP contribution in [-0.4, -0.2) is 26.3 Å². The molecule has 0 spiro atoms. The van der Waals surface area contributed by atoms with E-state index in [2.05, 4.69) is 5.32 Å². The second-order valence-corrected chi connectivity index (χ2v) is 6.98. The van der Waals surface area contributed by atoms with E-state index in [0.29, 0.717) is 0 Å². The van der Waals surface area contributed by atoms with Gasteiger partial charge in [0.25, 0.3) is 5.69 Å². The van der Waals surface area contributed by atoms with Gasteiger partial charge >= 0.3 is 0 Å². The highest BCUT2D eigenvalue weighted by atomic mass is 32.2. The van der Waals surface area contributed by atoms with E-state index in [9.17, 15) is 19.1 Å². The van der Waals surface area contributed by atoms with Crippen molar-refractivity contribution in [3.05, 3.63) is 39.7 Å². The lowest BCUT2D eigenvalue weighted by molar-refractivity contribution is -0.385. The molecule has 6 nitrogen and oxygen atoms in total. The molecular weight excluding hydrogens is 297 g/mol. The quantitative estimate of drug-likeness (QED) is 0.505. The van der Waals surface area contributed by atoms with Crippen LogP contribution in [0.5, 0.6) is 0 Å². The SMILES string of the molecule is N=C1NC(c2cc([N+](=O)[O-])ccc2F)C[S+]([O-])C1C1CC1. The summed E-state index contributed by atoms with van der Waals surface area (Å²) in [6.07, 6.45) is 1.94. The van der Waals surface area contributed by atoms with Gasteiger partial charge in [-0.1, -0.05) is 0 Å². The highest BCUT2D eigenvalue weighted by molar-refractivity contribution is 7.92. The van der Waals surface area contributed by atoms with E-state index < -0.39 is 28.0 Å². The molecule has 112 valence electrons. The molecule has 0 aromatic heterocycles. The molecule has 0 amide bonds. The number of benzene rings is 1. The summed E-state index contributed by atoms with van der Waals surface area (Å²) in [6, 6.07) is 2.62. The van der Waals surface area contributed by atoms with Gasteiger partial charge in [0, 0.05) is 23.6 Å². The van der Waals surface area contributed by atoms with Crippen molar-refractivity contribution in [3.63, 3.8) is 0 Å². The minimum absolute atomic E-state index is 0.0940. The maximum Gasteiger partial charge on any atom is 0.269 e. The molecule has 1 aromatic rings. The number of nitro benzene ring substituents is 1. The van der Waals surface area contributed by atoms with Gasteiger partial charge < -0.3 is 9.87 Å². The summed E-state index contributed by atoms with van der Waals surface area (Å²) in [5.74, 6) is 0.00857. The van der Waals surface area contributed by atoms with Gasteiger partial charge in [0.15, 0.2) is 5.25 Å². The van der Waals surface area contributed by atoms with Crippen molar-refractivity contribution in [1.29, 1.82) is 5.41 Å². The first-order valence-corrected chi connectivity index (χ1v) is 8.01. The minimum Gasteiger partial charge on any atom is -0.616 e. The number of hydrogen-bond donors (Lipinski definition) is 2. The minimum atomic E-state index is -1.26. The molecule has 2 N–H and O–H groups in total. The molecule has 3 rings (SSSR count). The average molecular weight is 311 g/mol. The molecular formula is C13H14FN3O3S. The van der Waals surface area contributed by atoms with Crippen LogP contribution in [0.15, 0.2) is 18.2 Å². The molecule has 1 heterocycles. The van der Waals surface area contributed by atoms with Crippen molar-refractivity contribution in [3.8, 4) is 0 Å². The van der Waals surface area contributed by atoms with E-state index in [1.807, 2.05) is 0 Å². The Morgan fingerprint density at radius 2 is 2.14 bits per heavy atom. The maximum absolute atomic E-state index is 13.9. The fourth-order valence-corrected chi connectivity index (χ4v) is 4.47. The Morgan fingerprint density at radius 3 is 2.71 bits per heavy atom. The largest absolute Gasteiger partial charge is 0.616 e. The Kier molecular flexibility index (Phi) is 3.58. The predicted octanol–water partition coefficient (Wildman–Crippen LogP) is 1.88. The third-order valence-electron chi connectivity index (χ3n) is 3.84. The zero-order valence-electron chi connectivity index (χ0n) is 11.0. The van der Waals surface area contributed by atoms with Crippen molar-refractivity contribution < 1.29 is 13.9 Å². The maximum atomic E-state index is 13.9. The van der Waals surface area contributed by atoms with Gasteiger partial charge in [-0.2, -0.15) is 0 Å². The molecule has 0 bridgehead atoms. The van der Waals surface area contributed by atoms with Gasteiger partial charge in [-0.05, 0) is 30.1 Å². The number of rotatable bonds is 3. The number of nitrogens with zero attached hydrogens (tertiary/aromatic N) is 1. The fourth-order valence-electron chi connectivity index (χ4n) is 2.64. The first kappa shape index (κ1) is 14.3. The Morgan fingerprint density at radius 1 is 1.43 bits per heavy atom. The van der Waals surface area contributed by atoms with Crippen LogP contribution in [0, 0.1) is 27.3 Å². The number of non-ortho nitro benzene ring substituents is 1. The van der Waals surface area contributed by atoms with Crippen molar-refractivity contribution in [1.82, 2.24) is 5.32 Å². The average Bonchev–Trinajstić information content (AvgIpc) is 3.22. The van der Waals surface area contributed by atoms with E-state index in [1.54, 1.807) is 0 Å². The molecule has 1 saturated carbocycles. The van der Waals surface area contributed by atoms with Gasteiger partial charge in [-0.15, -0.1) is 0 Å². The number of nitro groups is 1. The second-order valence-electron chi connectivity index (χ2n) is 5.38. The van der Waals surface area contributed by atoms with Crippen LogP contribution in [-0.2, 0) is 11.2 Å². The van der Waals surface area contributed by atoms with Gasteiger partial charge in [0.2, 0.25) is 0 Å². The highest BCUT2D eigenvalue weighted by Gasteiger charge is 2.47. The molecule has 1 aliphatic carbocycles. The van der Waals surface area contributed by atoms with Crippen LogP contribution in [0.25, 0.3) is 0 Å². The summed E-state index contributed by atoms with van der Waals surface area (Å²) in [5, 5.41) is 21.3. The fraction of sp³-hybridized carbons (Fsp3) is 0.462. The standard InChI is InChI=1S/C13H14FN3O3S/c14-10-4-3-8(17(18)19)5-9(10)11-6-21(20)12(7-1-2-7)13(15)16-11/h3-5,7,11-12H,1-2,6H2,(H2,15,16). The Labute approximate surface area is 123 Å². The lowest BCUT2D eigenvalue weighted by Gasteiger charge is -2.33. The van der Waals surface area contributed by atoms with Crippen LogP contribution in [0.4, 0.5) is 10.1 Å². The topological polar surface area (TPSA) is 102 Å². The molecule has 8 heteroatoms. The molecule has 2 fully saturated rings. The van der Waals surface area contributed by atoms with Gasteiger partial charge in [-0.25, -0.2) is 4.39 Å². The Balaban J connectivity index is 1.86. The van der Waals surface area contributed by atoms with Gasteiger partial charge in [0.1, 0.15) is 23.4 Å². The lowest BCUT2D eigenvalue weighted by Crippen LogP contribution is -2.51. The van der Waals surface area contributed by atoms with E-state index in [1.165, 1.54) is 0 Å². The van der Waals surface area contributed by atoms with Crippen molar-refractivity contribution in [2.24, 2.45) is 5.92 Å². The normalized spacial score (nSPS) is 29.0. The number of hydrogen-bond acceptors (Lipinski definition) is 4. The molecule has 3 atom stereocenters. The van der Waals surface area contributed by atoms with Crippen LogP contribution >= 0.6 is 0 Å². The molecule has 1 aliphatic heterocycles. The first-order valence-electron chi connectivity index (χ1n) is 6.63. The number of amidine groups is 1. The monoisotopic (exact) mass is 311 g/mol. The van der Waals surface area contributed by atoms with Crippen molar-refractivity contribution >= 4 is 22.7 Å². The van der Waals surface area contributed by atoms with E-state index in [-0.39, 0.29) is 34.0 Å². The molecule has 21 heavy (non-hydrogen) atoms. The summed E-state index contributed by atoms with van der Waals surface area (Å²) >= 11 is -1.26. The number of halogens is 1. The van der Waals surface area contributed by atoms with Gasteiger partial charge in [0.05, 0.1) is 4.92 Å². The van der Waals surface area contributed by atoms with Crippen LogP contribution in [0.3, 0.4) is 0 Å². The summed E-state index contributed by atoms with van der Waals surface area (Å²) in [6.45, 7) is 0. The van der Waals surface area contributed by atoms with E-state index >= 15 is 0 Å². The van der Waals surface area contributed by atoms with E-state index in [0.717, 1.165) is 31.0 Å². The summed E-state index contributed by atoms with van der Waals surface area (Å²) in [5.41, 5.74) is -0.119. The van der Waals surface area contributed by atoms with Crippen molar-refractivity contribution in [2.75, 3.05) is 5.75 Å². The van der Waals surface area contributed by atoms with Gasteiger partial charge in [-0.3, -0.25) is 15.5 Å². The molecule has 2 aliphatic rings. The zero-order chi connectivity index (χ0) is 15.1. The molecule has 0 radical (unpaired) electrons. The smallest absolute Gasteiger partial charge is 0.269 e. The third kappa shape index (κ3) is 2.73. The zero-order valence-corrected chi connectivity index (χ0v) is 11.9. The summed E-state index contributed by atoms with van der Waals surface area (Å²) < 4.78 is 26.2. The number of nitrogens with one attached hydrogen (secondary N) is 2. The summed E-state index contributed by atoms with van der Waals surface area (Å²) in [4.78, 5) is 10.2. The third-order valence-corrected chi connectivity index (χ3v) is 5.69. The second kappa shape index (κ2) is 5.27. The van der Waals surface area contributed by atoms with Crippen LogP contribution in [0.2, 0.25) is 0 Å². The molecule has 1 aromatic carbocycles. The van der Waals surface area contributed by atoms with Crippen molar-refractivity contribution in [2.45, 2.75) is 24.1 Å². The highest BCUT2D eigenvalue weighted by Crippen LogP contribution is 2.40. The molecule has 1 saturated heterocycles. The van der Waals surface area contributed by atoms with E-state index in [4.69, 9.17) is 5.41 Å². The van der Waals surface area contributed by atoms with Crippen LogP contribution in [0.1, 0.15) is 24.4 Å². The first-order chi connectivity index (χ1) is 9.97. The predicted molar refractivity (Wildman–Crippen MR) is 76.2 cm³/mol. The van der Waals surface area contributed by atoms with Crippen LogP contribution < -0.4 is 5.32 Å². The Bertz CT molecular complexity index is 608. The lowest BCUT2D eigenvalue weighted by atomic mass is 10.1. The summed E-state index contributed by atoms with van der Waals surface area (Å²) in [7, 11) is 0.